The number of non-ortho nitro benzene ring substituents is 1. The molecule has 8 heteroatoms. The summed E-state index contributed by atoms with van der Waals surface area (Å²) in [5, 5.41) is 19.7. The van der Waals surface area contributed by atoms with E-state index in [0.717, 1.165) is 0 Å². The Bertz CT molecular complexity index is 976. The van der Waals surface area contributed by atoms with Crippen LogP contribution in [-0.4, -0.2) is 28.3 Å². The van der Waals surface area contributed by atoms with Gasteiger partial charge < -0.3 is 4.74 Å². The maximum absolute atomic E-state index is 12.6. The highest BCUT2D eigenvalue weighted by molar-refractivity contribution is 6.08. The van der Waals surface area contributed by atoms with Crippen LogP contribution in [0.3, 0.4) is 0 Å². The fourth-order valence-electron chi connectivity index (χ4n) is 2.86. The van der Waals surface area contributed by atoms with Crippen molar-refractivity contribution in [2.24, 2.45) is 0 Å². The molecule has 0 saturated heterocycles. The highest BCUT2D eigenvalue weighted by Gasteiger charge is 2.26. The number of nitro benzene ring substituents is 1. The first-order chi connectivity index (χ1) is 12.8. The Balaban J connectivity index is 2.77. The number of carbonyl (C=O) groups excluding carboxylic acids is 2. The molecule has 0 aliphatic rings. The van der Waals surface area contributed by atoms with Crippen LogP contribution in [0, 0.1) is 35.3 Å². The monoisotopic (exact) mass is 367 g/mol. The second-order valence-corrected chi connectivity index (χ2v) is 5.82. The summed E-state index contributed by atoms with van der Waals surface area (Å²) in [5.41, 5.74) is 1.43. The van der Waals surface area contributed by atoms with E-state index in [1.807, 2.05) is 6.07 Å². The quantitative estimate of drug-likeness (QED) is 0.251. The minimum Gasteiger partial charge on any atom is -0.461 e. The number of Topliss-reactive ketones (excluding diaryl/α,β-unsaturated/α-hetero) is 1. The van der Waals surface area contributed by atoms with Crippen LogP contribution in [0.15, 0.2) is 24.3 Å². The molecule has 0 radical (unpaired) electrons. The maximum Gasteiger partial charge on any atom is 0.340 e. The number of carbonyl (C=O) groups is 2. The van der Waals surface area contributed by atoms with Crippen molar-refractivity contribution in [3.63, 3.8) is 0 Å². The predicted molar refractivity (Wildman–Crippen MR) is 96.3 cm³/mol. The van der Waals surface area contributed by atoms with Gasteiger partial charge in [-0.25, -0.2) is 4.79 Å². The lowest BCUT2D eigenvalue weighted by Crippen LogP contribution is -2.15. The average Bonchev–Trinajstić information content (AvgIpc) is 2.60. The van der Waals surface area contributed by atoms with Gasteiger partial charge in [-0.3, -0.25) is 19.9 Å². The Kier molecular flexibility index (Phi) is 5.98. The molecule has 27 heavy (non-hydrogen) atoms. The molecule has 0 unspecified atom stereocenters. The standard InChI is InChI=1S/C19H17N3O5/c1-11-16(13(3)23)18(14-6-4-7-15(10-14)22(25)26)17(12(2)21-11)19(24)27-9-5-8-20/h4,6-7,10H,5,9H2,1-3H3. The molecule has 2 aromatic rings. The van der Waals surface area contributed by atoms with Crippen LogP contribution in [-0.2, 0) is 4.74 Å². The fourth-order valence-corrected chi connectivity index (χ4v) is 2.86. The first-order valence-corrected chi connectivity index (χ1v) is 8.09. The van der Waals surface area contributed by atoms with Gasteiger partial charge in [-0.05, 0) is 26.3 Å². The number of benzene rings is 1. The van der Waals surface area contributed by atoms with Gasteiger partial charge in [-0.2, -0.15) is 5.26 Å². The summed E-state index contributed by atoms with van der Waals surface area (Å²) >= 11 is 0. The van der Waals surface area contributed by atoms with Gasteiger partial charge in [0.1, 0.15) is 6.61 Å². The summed E-state index contributed by atoms with van der Waals surface area (Å²) < 4.78 is 5.12. The van der Waals surface area contributed by atoms with E-state index >= 15 is 0 Å². The molecule has 1 aromatic heterocycles. The topological polar surface area (TPSA) is 123 Å². The summed E-state index contributed by atoms with van der Waals surface area (Å²) in [7, 11) is 0. The smallest absolute Gasteiger partial charge is 0.340 e. The van der Waals surface area contributed by atoms with Gasteiger partial charge in [-0.15, -0.1) is 0 Å². The second-order valence-electron chi connectivity index (χ2n) is 5.82. The summed E-state index contributed by atoms with van der Waals surface area (Å²) in [5.74, 6) is -1.06. The van der Waals surface area contributed by atoms with E-state index in [1.165, 1.54) is 25.1 Å². The SMILES string of the molecule is CC(=O)c1c(C)nc(C)c(C(=O)OCCC#N)c1-c1cccc([N+](=O)[O-])c1. The molecule has 0 aliphatic carbocycles. The lowest BCUT2D eigenvalue weighted by atomic mass is 9.90. The van der Waals surface area contributed by atoms with Crippen LogP contribution >= 0.6 is 0 Å². The van der Waals surface area contributed by atoms with Gasteiger partial charge in [0, 0.05) is 29.0 Å². The van der Waals surface area contributed by atoms with Crippen molar-refractivity contribution in [3.8, 4) is 17.2 Å². The number of ketones is 1. The van der Waals surface area contributed by atoms with E-state index < -0.39 is 10.9 Å². The fraction of sp³-hybridized carbons (Fsp3) is 0.263. The molecule has 138 valence electrons. The Hall–Kier alpha value is -3.60. The molecule has 0 saturated carbocycles. The number of ether oxygens (including phenoxy) is 1. The van der Waals surface area contributed by atoms with Crippen LogP contribution in [0.5, 0.6) is 0 Å². The summed E-state index contributed by atoms with van der Waals surface area (Å²) in [6, 6.07) is 7.56. The number of nitriles is 1. The normalized spacial score (nSPS) is 10.1. The molecular weight excluding hydrogens is 350 g/mol. The molecule has 2 rings (SSSR count). The number of nitrogens with zero attached hydrogens (tertiary/aromatic N) is 3. The summed E-state index contributed by atoms with van der Waals surface area (Å²) in [6.07, 6.45) is 0.0236. The van der Waals surface area contributed by atoms with Gasteiger partial charge in [0.15, 0.2) is 5.78 Å². The summed E-state index contributed by atoms with van der Waals surface area (Å²) in [6.45, 7) is 4.46. The van der Waals surface area contributed by atoms with Crippen LogP contribution in [0.25, 0.3) is 11.1 Å². The van der Waals surface area contributed by atoms with E-state index in [9.17, 15) is 19.7 Å². The molecule has 0 amide bonds. The van der Waals surface area contributed by atoms with E-state index in [2.05, 4.69) is 4.98 Å². The van der Waals surface area contributed by atoms with Crippen molar-refractivity contribution in [2.45, 2.75) is 27.2 Å². The number of hydrogen-bond acceptors (Lipinski definition) is 7. The van der Waals surface area contributed by atoms with Crippen LogP contribution in [0.4, 0.5) is 5.69 Å². The molecule has 1 heterocycles. The first-order valence-electron chi connectivity index (χ1n) is 8.09. The molecule has 0 spiro atoms. The van der Waals surface area contributed by atoms with E-state index in [-0.39, 0.29) is 41.2 Å². The van der Waals surface area contributed by atoms with Gasteiger partial charge in [-0.1, -0.05) is 12.1 Å². The van der Waals surface area contributed by atoms with Crippen molar-refractivity contribution in [1.82, 2.24) is 4.98 Å². The molecular formula is C19H17N3O5. The maximum atomic E-state index is 12.6. The predicted octanol–water partition coefficient (Wildman–Crippen LogP) is 3.55. The Labute approximate surface area is 155 Å². The molecule has 0 N–H and O–H groups in total. The van der Waals surface area contributed by atoms with E-state index in [4.69, 9.17) is 10.00 Å². The molecule has 0 bridgehead atoms. The van der Waals surface area contributed by atoms with Crippen LogP contribution in [0.2, 0.25) is 0 Å². The lowest BCUT2D eigenvalue weighted by Gasteiger charge is -2.17. The number of aryl methyl sites for hydroxylation is 2. The number of aromatic nitrogens is 1. The number of hydrogen-bond donors (Lipinski definition) is 0. The highest BCUT2D eigenvalue weighted by atomic mass is 16.6. The van der Waals surface area contributed by atoms with Crippen molar-refractivity contribution in [1.29, 1.82) is 5.26 Å². The molecule has 0 aliphatic heterocycles. The van der Waals surface area contributed by atoms with Crippen LogP contribution < -0.4 is 0 Å². The zero-order chi connectivity index (χ0) is 20.1. The molecule has 0 fully saturated rings. The van der Waals surface area contributed by atoms with E-state index in [0.29, 0.717) is 17.0 Å². The average molecular weight is 367 g/mol. The molecule has 0 atom stereocenters. The van der Waals surface area contributed by atoms with Gasteiger partial charge in [0.2, 0.25) is 0 Å². The number of rotatable bonds is 6. The van der Waals surface area contributed by atoms with E-state index in [1.54, 1.807) is 19.9 Å². The minimum absolute atomic E-state index is 0.0236. The van der Waals surface area contributed by atoms with Gasteiger partial charge in [0.25, 0.3) is 5.69 Å². The van der Waals surface area contributed by atoms with Crippen molar-refractivity contribution in [3.05, 3.63) is 56.9 Å². The Morgan fingerprint density at radius 1 is 1.26 bits per heavy atom. The first kappa shape index (κ1) is 19.7. The number of esters is 1. The van der Waals surface area contributed by atoms with Crippen molar-refractivity contribution < 1.29 is 19.2 Å². The number of pyridine rings is 1. The third-order valence-electron chi connectivity index (χ3n) is 3.91. The third-order valence-corrected chi connectivity index (χ3v) is 3.91. The zero-order valence-corrected chi connectivity index (χ0v) is 15.1. The second kappa shape index (κ2) is 8.19. The molecule has 1 aromatic carbocycles. The van der Waals surface area contributed by atoms with Crippen molar-refractivity contribution in [2.75, 3.05) is 6.61 Å². The number of nitro groups is 1. The van der Waals surface area contributed by atoms with Crippen molar-refractivity contribution >= 4 is 17.4 Å². The molecule has 8 nitrogen and oxygen atoms in total. The minimum atomic E-state index is -0.737. The Morgan fingerprint density at radius 2 is 1.93 bits per heavy atom. The summed E-state index contributed by atoms with van der Waals surface area (Å²) in [4.78, 5) is 39.7. The van der Waals surface area contributed by atoms with Crippen LogP contribution in [0.1, 0.15) is 45.4 Å². The van der Waals surface area contributed by atoms with Gasteiger partial charge in [0.05, 0.1) is 28.7 Å². The third kappa shape index (κ3) is 4.15. The largest absolute Gasteiger partial charge is 0.461 e. The lowest BCUT2D eigenvalue weighted by molar-refractivity contribution is -0.384. The highest BCUT2D eigenvalue weighted by Crippen LogP contribution is 2.34. The Morgan fingerprint density at radius 3 is 2.52 bits per heavy atom. The zero-order valence-electron chi connectivity index (χ0n) is 15.1. The van der Waals surface area contributed by atoms with Gasteiger partial charge >= 0.3 is 5.97 Å².